The highest BCUT2D eigenvalue weighted by atomic mass is 16.5. The lowest BCUT2D eigenvalue weighted by molar-refractivity contribution is -0.141. The van der Waals surface area contributed by atoms with Crippen LogP contribution in [-0.4, -0.2) is 25.7 Å². The van der Waals surface area contributed by atoms with Crippen molar-refractivity contribution >= 4 is 5.97 Å². The van der Waals surface area contributed by atoms with Gasteiger partial charge in [-0.15, -0.1) is 6.58 Å². The standard InChI is InChI=1S/C10H19NO2/c1-3-5-6-7-8-11-9-10(12)13-4-2/h3,11H,1,4-9H2,2H3. The average Bonchev–Trinajstić information content (AvgIpc) is 2.11. The van der Waals surface area contributed by atoms with Gasteiger partial charge in [0, 0.05) is 0 Å². The number of carbonyl (C=O) groups excluding carboxylic acids is 1. The van der Waals surface area contributed by atoms with E-state index in [-0.39, 0.29) is 5.97 Å². The molecule has 0 bridgehead atoms. The monoisotopic (exact) mass is 185 g/mol. The lowest BCUT2D eigenvalue weighted by Crippen LogP contribution is -2.25. The van der Waals surface area contributed by atoms with Gasteiger partial charge in [-0.25, -0.2) is 0 Å². The maximum Gasteiger partial charge on any atom is 0.319 e. The Morgan fingerprint density at radius 1 is 1.54 bits per heavy atom. The lowest BCUT2D eigenvalue weighted by atomic mass is 10.2. The van der Waals surface area contributed by atoms with E-state index in [2.05, 4.69) is 11.9 Å². The Labute approximate surface area is 80.2 Å². The van der Waals surface area contributed by atoms with Gasteiger partial charge in [0.2, 0.25) is 0 Å². The van der Waals surface area contributed by atoms with Gasteiger partial charge in [0.1, 0.15) is 0 Å². The van der Waals surface area contributed by atoms with Gasteiger partial charge in [-0.1, -0.05) is 6.08 Å². The molecule has 0 saturated carbocycles. The van der Waals surface area contributed by atoms with Crippen LogP contribution in [0, 0.1) is 0 Å². The van der Waals surface area contributed by atoms with Crippen LogP contribution < -0.4 is 5.32 Å². The van der Waals surface area contributed by atoms with E-state index in [0.29, 0.717) is 13.2 Å². The van der Waals surface area contributed by atoms with Crippen LogP contribution in [0.25, 0.3) is 0 Å². The molecule has 0 aromatic heterocycles. The summed E-state index contributed by atoms with van der Waals surface area (Å²) in [6, 6.07) is 0. The van der Waals surface area contributed by atoms with Gasteiger partial charge in [-0.3, -0.25) is 4.79 Å². The minimum Gasteiger partial charge on any atom is -0.465 e. The van der Waals surface area contributed by atoms with E-state index >= 15 is 0 Å². The highest BCUT2D eigenvalue weighted by Gasteiger charge is 1.98. The topological polar surface area (TPSA) is 38.3 Å². The van der Waals surface area contributed by atoms with Crippen molar-refractivity contribution in [2.24, 2.45) is 0 Å². The molecular formula is C10H19NO2. The Balaban J connectivity index is 3.06. The van der Waals surface area contributed by atoms with Crippen LogP contribution in [-0.2, 0) is 9.53 Å². The summed E-state index contributed by atoms with van der Waals surface area (Å²) in [5, 5.41) is 3.02. The van der Waals surface area contributed by atoms with Gasteiger partial charge >= 0.3 is 5.97 Å². The summed E-state index contributed by atoms with van der Waals surface area (Å²) in [7, 11) is 0. The zero-order chi connectivity index (χ0) is 9.94. The first-order chi connectivity index (χ1) is 6.31. The van der Waals surface area contributed by atoms with Crippen LogP contribution in [0.5, 0.6) is 0 Å². The molecule has 0 aliphatic carbocycles. The first-order valence-electron chi connectivity index (χ1n) is 4.78. The van der Waals surface area contributed by atoms with Crippen molar-refractivity contribution < 1.29 is 9.53 Å². The van der Waals surface area contributed by atoms with Gasteiger partial charge in [-0.2, -0.15) is 0 Å². The minimum absolute atomic E-state index is 0.175. The molecule has 0 amide bonds. The fourth-order valence-corrected chi connectivity index (χ4v) is 0.941. The van der Waals surface area contributed by atoms with Crippen LogP contribution in [0.2, 0.25) is 0 Å². The molecule has 0 spiro atoms. The molecule has 3 heteroatoms. The Bertz CT molecular complexity index is 146. The van der Waals surface area contributed by atoms with Gasteiger partial charge in [-0.05, 0) is 32.7 Å². The molecule has 1 N–H and O–H groups in total. The quantitative estimate of drug-likeness (QED) is 0.354. The van der Waals surface area contributed by atoms with E-state index in [4.69, 9.17) is 4.74 Å². The van der Waals surface area contributed by atoms with Crippen molar-refractivity contribution in [3.63, 3.8) is 0 Å². The van der Waals surface area contributed by atoms with Crippen molar-refractivity contribution in [2.75, 3.05) is 19.7 Å². The molecule has 76 valence electrons. The molecule has 0 saturated heterocycles. The Morgan fingerprint density at radius 2 is 2.31 bits per heavy atom. The normalized spacial score (nSPS) is 9.62. The molecule has 0 aliphatic rings. The number of hydrogen-bond donors (Lipinski definition) is 1. The minimum atomic E-state index is -0.175. The molecular weight excluding hydrogens is 166 g/mol. The average molecular weight is 185 g/mol. The summed E-state index contributed by atoms with van der Waals surface area (Å²) in [5.74, 6) is -0.175. The van der Waals surface area contributed by atoms with Crippen LogP contribution in [0.4, 0.5) is 0 Å². The first-order valence-corrected chi connectivity index (χ1v) is 4.78. The van der Waals surface area contributed by atoms with Crippen molar-refractivity contribution in [2.45, 2.75) is 26.2 Å². The lowest BCUT2D eigenvalue weighted by Gasteiger charge is -2.03. The Hall–Kier alpha value is -0.830. The molecule has 0 unspecified atom stereocenters. The van der Waals surface area contributed by atoms with Crippen LogP contribution >= 0.6 is 0 Å². The number of allylic oxidation sites excluding steroid dienone is 1. The van der Waals surface area contributed by atoms with E-state index in [1.54, 1.807) is 0 Å². The van der Waals surface area contributed by atoms with Crippen molar-refractivity contribution in [1.82, 2.24) is 5.32 Å². The van der Waals surface area contributed by atoms with Gasteiger partial charge < -0.3 is 10.1 Å². The van der Waals surface area contributed by atoms with Gasteiger partial charge in [0.25, 0.3) is 0 Å². The third-order valence-electron chi connectivity index (χ3n) is 1.59. The second kappa shape index (κ2) is 9.26. The molecule has 3 nitrogen and oxygen atoms in total. The Kier molecular flexibility index (Phi) is 8.67. The molecule has 0 heterocycles. The second-order valence-electron chi connectivity index (χ2n) is 2.77. The molecule has 0 rings (SSSR count). The fourth-order valence-electron chi connectivity index (χ4n) is 0.941. The SMILES string of the molecule is C=CCCCCNCC(=O)OCC. The zero-order valence-electron chi connectivity index (χ0n) is 8.34. The van der Waals surface area contributed by atoms with E-state index in [1.807, 2.05) is 13.0 Å². The number of carbonyl (C=O) groups is 1. The smallest absolute Gasteiger partial charge is 0.319 e. The predicted molar refractivity (Wildman–Crippen MR) is 53.6 cm³/mol. The van der Waals surface area contributed by atoms with Gasteiger partial charge in [0.05, 0.1) is 13.2 Å². The van der Waals surface area contributed by atoms with E-state index in [9.17, 15) is 4.79 Å². The fraction of sp³-hybridized carbons (Fsp3) is 0.700. The Morgan fingerprint density at radius 3 is 2.92 bits per heavy atom. The summed E-state index contributed by atoms with van der Waals surface area (Å²) >= 11 is 0. The third kappa shape index (κ3) is 9.08. The molecule has 0 aromatic carbocycles. The molecule has 0 fully saturated rings. The van der Waals surface area contributed by atoms with Crippen LogP contribution in [0.3, 0.4) is 0 Å². The summed E-state index contributed by atoms with van der Waals surface area (Å²) in [4.78, 5) is 10.8. The van der Waals surface area contributed by atoms with Gasteiger partial charge in [0.15, 0.2) is 0 Å². The maximum atomic E-state index is 10.8. The number of nitrogens with one attached hydrogen (secondary N) is 1. The predicted octanol–water partition coefficient (Wildman–Crippen LogP) is 1.50. The summed E-state index contributed by atoms with van der Waals surface area (Å²) < 4.78 is 4.75. The molecule has 0 radical (unpaired) electrons. The largest absolute Gasteiger partial charge is 0.465 e. The zero-order valence-corrected chi connectivity index (χ0v) is 8.34. The second-order valence-corrected chi connectivity index (χ2v) is 2.77. The number of hydrogen-bond acceptors (Lipinski definition) is 3. The van der Waals surface area contributed by atoms with Crippen LogP contribution in [0.1, 0.15) is 26.2 Å². The van der Waals surface area contributed by atoms with Crippen molar-refractivity contribution in [1.29, 1.82) is 0 Å². The van der Waals surface area contributed by atoms with E-state index in [1.165, 1.54) is 0 Å². The van der Waals surface area contributed by atoms with Crippen molar-refractivity contribution in [3.05, 3.63) is 12.7 Å². The number of ether oxygens (including phenoxy) is 1. The third-order valence-corrected chi connectivity index (χ3v) is 1.59. The maximum absolute atomic E-state index is 10.8. The molecule has 0 aromatic rings. The van der Waals surface area contributed by atoms with E-state index in [0.717, 1.165) is 25.8 Å². The summed E-state index contributed by atoms with van der Waals surface area (Å²) in [6.07, 6.45) is 5.15. The molecule has 0 aliphatic heterocycles. The van der Waals surface area contributed by atoms with E-state index < -0.39 is 0 Å². The van der Waals surface area contributed by atoms with Crippen molar-refractivity contribution in [3.8, 4) is 0 Å². The number of esters is 1. The number of rotatable bonds is 8. The molecule has 13 heavy (non-hydrogen) atoms. The highest BCUT2D eigenvalue weighted by molar-refractivity contribution is 5.71. The highest BCUT2D eigenvalue weighted by Crippen LogP contribution is 1.93. The summed E-state index contributed by atoms with van der Waals surface area (Å²) in [5.41, 5.74) is 0. The number of unbranched alkanes of at least 4 members (excludes halogenated alkanes) is 2. The first kappa shape index (κ1) is 12.2. The summed E-state index contributed by atoms with van der Waals surface area (Å²) in [6.45, 7) is 7.09. The molecule has 0 atom stereocenters. The van der Waals surface area contributed by atoms with Crippen LogP contribution in [0.15, 0.2) is 12.7 Å².